The van der Waals surface area contributed by atoms with Crippen molar-refractivity contribution in [3.63, 3.8) is 0 Å². The van der Waals surface area contributed by atoms with E-state index in [-0.39, 0.29) is 5.41 Å². The van der Waals surface area contributed by atoms with Gasteiger partial charge in [0.15, 0.2) is 0 Å². The summed E-state index contributed by atoms with van der Waals surface area (Å²) in [5.74, 6) is 0.657. The zero-order chi connectivity index (χ0) is 7.61. The summed E-state index contributed by atoms with van der Waals surface area (Å²) < 4.78 is 0. The zero-order valence-corrected chi connectivity index (χ0v) is 6.43. The maximum Gasteiger partial charge on any atom is 0.0689 e. The molecule has 0 spiro atoms. The van der Waals surface area contributed by atoms with Gasteiger partial charge in [0, 0.05) is 0 Å². The van der Waals surface area contributed by atoms with Crippen LogP contribution in [-0.2, 0) is 0 Å². The van der Waals surface area contributed by atoms with Crippen LogP contribution >= 0.6 is 0 Å². The first-order valence-corrected chi connectivity index (χ1v) is 3.75. The average molecular weight is 135 g/mol. The number of nitriles is 1. The van der Waals surface area contributed by atoms with Gasteiger partial charge in [0.05, 0.1) is 11.5 Å². The molecule has 0 saturated heterocycles. The van der Waals surface area contributed by atoms with E-state index >= 15 is 0 Å². The molecule has 1 rings (SSSR count). The second-order valence-electron chi connectivity index (χ2n) is 3.33. The van der Waals surface area contributed by atoms with Crippen molar-refractivity contribution < 1.29 is 0 Å². The fourth-order valence-electron chi connectivity index (χ4n) is 1.50. The van der Waals surface area contributed by atoms with E-state index in [1.807, 2.05) is 6.92 Å². The quantitative estimate of drug-likeness (QED) is 0.541. The summed E-state index contributed by atoms with van der Waals surface area (Å²) in [4.78, 5) is 0. The first-order valence-electron chi connectivity index (χ1n) is 3.75. The Kier molecular flexibility index (Phi) is 1.99. The normalized spacial score (nSPS) is 39.5. The topological polar surface area (TPSA) is 23.8 Å². The van der Waals surface area contributed by atoms with E-state index in [1.54, 1.807) is 0 Å². The summed E-state index contributed by atoms with van der Waals surface area (Å²) >= 11 is 0. The van der Waals surface area contributed by atoms with Crippen molar-refractivity contribution >= 4 is 0 Å². The molecule has 1 aliphatic carbocycles. The third kappa shape index (κ3) is 1.31. The van der Waals surface area contributed by atoms with Gasteiger partial charge >= 0.3 is 0 Å². The lowest BCUT2D eigenvalue weighted by Crippen LogP contribution is -2.08. The van der Waals surface area contributed by atoms with Gasteiger partial charge in [0.25, 0.3) is 0 Å². The van der Waals surface area contributed by atoms with Crippen LogP contribution in [0.3, 0.4) is 0 Å². The highest BCUT2D eigenvalue weighted by Gasteiger charge is 2.34. The fraction of sp³-hybridized carbons (Fsp3) is 0.667. The molecular weight excluding hydrogens is 122 g/mol. The van der Waals surface area contributed by atoms with Gasteiger partial charge in [-0.25, -0.2) is 0 Å². The molecule has 1 aliphatic rings. The standard InChI is InChI=1S/C9H13N/c1-3-8-4-5-9(2,6-8)7-10/h5,8H,1,3-4,6H2,2H3. The van der Waals surface area contributed by atoms with Gasteiger partial charge in [-0.15, -0.1) is 0 Å². The Bertz CT molecular complexity index is 157. The van der Waals surface area contributed by atoms with Crippen LogP contribution in [0.1, 0.15) is 26.2 Å². The van der Waals surface area contributed by atoms with Crippen molar-refractivity contribution in [2.45, 2.75) is 26.2 Å². The predicted molar refractivity (Wildman–Crippen MR) is 40.7 cm³/mol. The van der Waals surface area contributed by atoms with Crippen LogP contribution in [0.15, 0.2) is 0 Å². The number of nitrogens with zero attached hydrogens (tertiary/aromatic N) is 1. The highest BCUT2D eigenvalue weighted by atomic mass is 14.4. The molecule has 2 atom stereocenters. The molecule has 0 aromatic carbocycles. The molecule has 0 aromatic rings. The molecule has 2 radical (unpaired) electrons. The molecule has 1 saturated carbocycles. The van der Waals surface area contributed by atoms with Gasteiger partial charge < -0.3 is 0 Å². The summed E-state index contributed by atoms with van der Waals surface area (Å²) in [5.41, 5.74) is -0.150. The molecule has 0 heterocycles. The van der Waals surface area contributed by atoms with E-state index in [0.717, 1.165) is 19.3 Å². The largest absolute Gasteiger partial charge is 0.198 e. The number of rotatable bonds is 1. The van der Waals surface area contributed by atoms with Crippen molar-refractivity contribution in [3.8, 4) is 6.07 Å². The summed E-state index contributed by atoms with van der Waals surface area (Å²) in [5, 5.41) is 8.74. The van der Waals surface area contributed by atoms with Crippen LogP contribution in [0.25, 0.3) is 0 Å². The van der Waals surface area contributed by atoms with Gasteiger partial charge in [-0.05, 0) is 32.1 Å². The van der Waals surface area contributed by atoms with Crippen LogP contribution in [0, 0.1) is 36.0 Å². The monoisotopic (exact) mass is 135 g/mol. The minimum atomic E-state index is -0.150. The SMILES string of the molecule is [CH2]CC1C[CH]C(C)(C#N)C1. The van der Waals surface area contributed by atoms with Crippen LogP contribution in [0.2, 0.25) is 0 Å². The van der Waals surface area contributed by atoms with Crippen molar-refractivity contribution in [1.82, 2.24) is 0 Å². The predicted octanol–water partition coefficient (Wildman–Crippen LogP) is 2.35. The van der Waals surface area contributed by atoms with E-state index in [2.05, 4.69) is 19.4 Å². The Balaban J connectivity index is 2.51. The minimum Gasteiger partial charge on any atom is -0.198 e. The van der Waals surface area contributed by atoms with Crippen LogP contribution < -0.4 is 0 Å². The second kappa shape index (κ2) is 2.62. The van der Waals surface area contributed by atoms with E-state index in [0.29, 0.717) is 5.92 Å². The van der Waals surface area contributed by atoms with Gasteiger partial charge in [-0.3, -0.25) is 0 Å². The summed E-state index contributed by atoms with van der Waals surface area (Å²) in [6.45, 7) is 5.84. The third-order valence-corrected chi connectivity index (χ3v) is 2.28. The number of hydrogen-bond acceptors (Lipinski definition) is 1. The molecule has 0 amide bonds. The van der Waals surface area contributed by atoms with Crippen LogP contribution in [0.4, 0.5) is 0 Å². The Labute approximate surface area is 63.0 Å². The van der Waals surface area contributed by atoms with E-state index in [1.165, 1.54) is 0 Å². The maximum absolute atomic E-state index is 8.74. The molecule has 1 fully saturated rings. The van der Waals surface area contributed by atoms with Gasteiger partial charge in [0.2, 0.25) is 0 Å². The van der Waals surface area contributed by atoms with Crippen molar-refractivity contribution in [2.75, 3.05) is 0 Å². The van der Waals surface area contributed by atoms with Gasteiger partial charge in [-0.2, -0.15) is 5.26 Å². The highest BCUT2D eigenvalue weighted by molar-refractivity contribution is 5.10. The Hall–Kier alpha value is -0.510. The third-order valence-electron chi connectivity index (χ3n) is 2.28. The Morgan fingerprint density at radius 1 is 1.90 bits per heavy atom. The number of hydrogen-bond donors (Lipinski definition) is 0. The zero-order valence-electron chi connectivity index (χ0n) is 6.43. The first kappa shape index (κ1) is 7.60. The Morgan fingerprint density at radius 2 is 2.60 bits per heavy atom. The van der Waals surface area contributed by atoms with Crippen LogP contribution in [0.5, 0.6) is 0 Å². The molecular formula is C9H13N. The van der Waals surface area contributed by atoms with Crippen molar-refractivity contribution in [3.05, 3.63) is 13.3 Å². The first-order chi connectivity index (χ1) is 4.70. The molecule has 0 aliphatic heterocycles. The fourth-order valence-corrected chi connectivity index (χ4v) is 1.50. The van der Waals surface area contributed by atoms with Gasteiger partial charge in [0.1, 0.15) is 0 Å². The molecule has 2 unspecified atom stereocenters. The molecule has 0 aromatic heterocycles. The lowest BCUT2D eigenvalue weighted by molar-refractivity contribution is 0.457. The molecule has 10 heavy (non-hydrogen) atoms. The average Bonchev–Trinajstić information content (AvgIpc) is 2.33. The van der Waals surface area contributed by atoms with Crippen molar-refractivity contribution in [2.24, 2.45) is 11.3 Å². The molecule has 54 valence electrons. The van der Waals surface area contributed by atoms with Gasteiger partial charge in [-0.1, -0.05) is 13.3 Å². The summed E-state index contributed by atoms with van der Waals surface area (Å²) in [6.07, 6.45) is 5.18. The molecule has 0 bridgehead atoms. The second-order valence-corrected chi connectivity index (χ2v) is 3.33. The lowest BCUT2D eigenvalue weighted by atomic mass is 9.89. The van der Waals surface area contributed by atoms with Crippen molar-refractivity contribution in [1.29, 1.82) is 5.26 Å². The van der Waals surface area contributed by atoms with E-state index in [4.69, 9.17) is 5.26 Å². The smallest absolute Gasteiger partial charge is 0.0689 e. The highest BCUT2D eigenvalue weighted by Crippen LogP contribution is 2.40. The van der Waals surface area contributed by atoms with Crippen LogP contribution in [-0.4, -0.2) is 0 Å². The Morgan fingerprint density at radius 3 is 2.90 bits per heavy atom. The van der Waals surface area contributed by atoms with E-state index < -0.39 is 0 Å². The molecule has 0 N–H and O–H groups in total. The lowest BCUT2D eigenvalue weighted by Gasteiger charge is -2.12. The molecule has 1 heteroatoms. The summed E-state index contributed by atoms with van der Waals surface area (Å²) in [6, 6.07) is 2.32. The minimum absolute atomic E-state index is 0.150. The maximum atomic E-state index is 8.74. The molecule has 1 nitrogen and oxygen atoms in total. The van der Waals surface area contributed by atoms with E-state index in [9.17, 15) is 0 Å². The summed E-state index contributed by atoms with van der Waals surface area (Å²) in [7, 11) is 0.